The van der Waals surface area contributed by atoms with E-state index >= 15 is 0 Å². The molecule has 1 N–H and O–H groups in total. The lowest BCUT2D eigenvalue weighted by Gasteiger charge is -2.38. The predicted molar refractivity (Wildman–Crippen MR) is 106 cm³/mol. The molecule has 4 rings (SSSR count). The van der Waals surface area contributed by atoms with Crippen molar-refractivity contribution >= 4 is 29.0 Å². The zero-order valence-electron chi connectivity index (χ0n) is 15.8. The molecule has 1 amide bonds. The zero-order valence-corrected chi connectivity index (χ0v) is 15.8. The molecule has 0 atom stereocenters. The molecule has 0 radical (unpaired) electrons. The first-order valence-corrected chi connectivity index (χ1v) is 9.54. The summed E-state index contributed by atoms with van der Waals surface area (Å²) in [7, 11) is 1.65. The van der Waals surface area contributed by atoms with Crippen LogP contribution in [0.4, 0.5) is 23.1 Å². The van der Waals surface area contributed by atoms with Crippen molar-refractivity contribution in [3.05, 3.63) is 30.5 Å². The second-order valence-electron chi connectivity index (χ2n) is 6.96. The Morgan fingerprint density at radius 2 is 1.96 bits per heavy atom. The molecule has 0 saturated heterocycles. The molecule has 0 spiro atoms. The van der Waals surface area contributed by atoms with Gasteiger partial charge >= 0.3 is 0 Å². The normalized spacial score (nSPS) is 17.2. The quantitative estimate of drug-likeness (QED) is 0.874. The third-order valence-electron chi connectivity index (χ3n) is 5.35. The number of carbonyl (C=O) groups is 1. The van der Waals surface area contributed by atoms with E-state index in [-0.39, 0.29) is 5.91 Å². The highest BCUT2D eigenvalue weighted by molar-refractivity contribution is 6.02. The molecule has 0 unspecified atom stereocenters. The van der Waals surface area contributed by atoms with Crippen molar-refractivity contribution in [1.29, 1.82) is 0 Å². The number of anilines is 4. The molecule has 1 aromatic carbocycles. The van der Waals surface area contributed by atoms with Crippen molar-refractivity contribution in [3.8, 4) is 5.75 Å². The summed E-state index contributed by atoms with van der Waals surface area (Å²) in [5.41, 5.74) is 1.70. The van der Waals surface area contributed by atoms with E-state index in [9.17, 15) is 4.79 Å². The van der Waals surface area contributed by atoms with Crippen LogP contribution in [0.1, 0.15) is 32.6 Å². The molecule has 2 heterocycles. The van der Waals surface area contributed by atoms with Gasteiger partial charge in [0.05, 0.1) is 19.9 Å². The van der Waals surface area contributed by atoms with Crippen LogP contribution < -0.4 is 19.9 Å². The number of fused-ring (bicyclic) bond motifs is 1. The largest absolute Gasteiger partial charge is 0.497 e. The van der Waals surface area contributed by atoms with Crippen LogP contribution in [0.3, 0.4) is 0 Å². The minimum atomic E-state index is 0.122. The Labute approximate surface area is 159 Å². The van der Waals surface area contributed by atoms with Crippen LogP contribution >= 0.6 is 0 Å². The fourth-order valence-electron chi connectivity index (χ4n) is 3.94. The Morgan fingerprint density at radius 3 is 2.63 bits per heavy atom. The number of amides is 1. The molecule has 142 valence electrons. The van der Waals surface area contributed by atoms with Crippen molar-refractivity contribution < 1.29 is 9.53 Å². The molecule has 2 aliphatic rings. The van der Waals surface area contributed by atoms with Gasteiger partial charge in [-0.15, -0.1) is 0 Å². The summed E-state index contributed by atoms with van der Waals surface area (Å²) < 4.78 is 5.20. The standard InChI is InChI=1S/C20H25N5O2/c1-3-24-17-12-21-20(22-14-8-10-16(27-2)11-9-14)23-19(17)25(13-18(24)26)15-6-4-5-7-15/h8-12,15H,3-7,13H2,1-2H3,(H,21,22,23). The van der Waals surface area contributed by atoms with Crippen LogP contribution in [0.15, 0.2) is 30.5 Å². The Balaban J connectivity index is 1.65. The summed E-state index contributed by atoms with van der Waals surface area (Å²) in [6.07, 6.45) is 6.42. The molecule has 7 nitrogen and oxygen atoms in total. The minimum Gasteiger partial charge on any atom is -0.497 e. The molecular weight excluding hydrogens is 342 g/mol. The van der Waals surface area contributed by atoms with Crippen molar-refractivity contribution in [2.75, 3.05) is 35.3 Å². The van der Waals surface area contributed by atoms with Crippen molar-refractivity contribution in [3.63, 3.8) is 0 Å². The number of carbonyl (C=O) groups excluding carboxylic acids is 1. The molecule has 1 aliphatic carbocycles. The number of aromatic nitrogens is 2. The van der Waals surface area contributed by atoms with Gasteiger partial charge in [0.25, 0.3) is 0 Å². The molecular formula is C20H25N5O2. The van der Waals surface area contributed by atoms with Gasteiger partial charge in [0.1, 0.15) is 11.4 Å². The summed E-state index contributed by atoms with van der Waals surface area (Å²) in [6, 6.07) is 8.03. The van der Waals surface area contributed by atoms with Crippen molar-refractivity contribution in [2.24, 2.45) is 0 Å². The molecule has 0 bridgehead atoms. The molecule has 7 heteroatoms. The summed E-state index contributed by atoms with van der Waals surface area (Å²) >= 11 is 0. The second-order valence-corrected chi connectivity index (χ2v) is 6.96. The number of rotatable bonds is 5. The maximum Gasteiger partial charge on any atom is 0.246 e. The first kappa shape index (κ1) is 17.6. The SMILES string of the molecule is CCN1C(=O)CN(C2CCCC2)c2nc(Nc3ccc(OC)cc3)ncc21. The van der Waals surface area contributed by atoms with Crippen LogP contribution in [-0.2, 0) is 4.79 Å². The summed E-state index contributed by atoms with van der Waals surface area (Å²) in [4.78, 5) is 25.8. The van der Waals surface area contributed by atoms with Gasteiger partial charge in [-0.1, -0.05) is 12.8 Å². The maximum absolute atomic E-state index is 12.6. The van der Waals surface area contributed by atoms with E-state index in [0.29, 0.717) is 25.1 Å². The highest BCUT2D eigenvalue weighted by Crippen LogP contribution is 2.37. The average Bonchev–Trinajstić information content (AvgIpc) is 3.23. The van der Waals surface area contributed by atoms with Gasteiger partial charge in [0, 0.05) is 18.3 Å². The number of benzene rings is 1. The molecule has 1 saturated carbocycles. The van der Waals surface area contributed by atoms with Crippen LogP contribution in [0, 0.1) is 0 Å². The Bertz CT molecular complexity index is 818. The zero-order chi connectivity index (χ0) is 18.8. The highest BCUT2D eigenvalue weighted by atomic mass is 16.5. The third-order valence-corrected chi connectivity index (χ3v) is 5.35. The van der Waals surface area contributed by atoms with E-state index in [4.69, 9.17) is 9.72 Å². The van der Waals surface area contributed by atoms with Gasteiger partial charge in [-0.2, -0.15) is 4.98 Å². The second kappa shape index (κ2) is 7.42. The third kappa shape index (κ3) is 3.41. The van der Waals surface area contributed by atoms with Gasteiger partial charge in [0.15, 0.2) is 5.82 Å². The lowest BCUT2D eigenvalue weighted by molar-refractivity contribution is -0.117. The Hall–Kier alpha value is -2.83. The van der Waals surface area contributed by atoms with Gasteiger partial charge in [-0.05, 0) is 44.0 Å². The number of hydrogen-bond acceptors (Lipinski definition) is 6. The summed E-state index contributed by atoms with van der Waals surface area (Å²) in [5.74, 6) is 2.31. The number of likely N-dealkylation sites (N-methyl/N-ethyl adjacent to an activating group) is 1. The fourth-order valence-corrected chi connectivity index (χ4v) is 3.94. The monoisotopic (exact) mass is 367 g/mol. The van der Waals surface area contributed by atoms with Crippen LogP contribution in [-0.4, -0.2) is 42.1 Å². The van der Waals surface area contributed by atoms with Gasteiger partial charge in [-0.25, -0.2) is 4.98 Å². The molecule has 1 fully saturated rings. The van der Waals surface area contributed by atoms with Gasteiger partial charge in [-0.3, -0.25) is 4.79 Å². The molecule has 1 aromatic heterocycles. The number of ether oxygens (including phenoxy) is 1. The van der Waals surface area contributed by atoms with E-state index in [1.807, 2.05) is 31.2 Å². The van der Waals surface area contributed by atoms with Crippen LogP contribution in [0.25, 0.3) is 0 Å². The number of nitrogens with one attached hydrogen (secondary N) is 1. The van der Waals surface area contributed by atoms with Crippen LogP contribution in [0.2, 0.25) is 0 Å². The van der Waals surface area contributed by atoms with Gasteiger partial charge < -0.3 is 19.9 Å². The summed E-state index contributed by atoms with van der Waals surface area (Å²) in [5, 5.41) is 3.25. The Morgan fingerprint density at radius 1 is 1.22 bits per heavy atom. The van der Waals surface area contributed by atoms with Crippen molar-refractivity contribution in [2.45, 2.75) is 38.6 Å². The summed E-state index contributed by atoms with van der Waals surface area (Å²) in [6.45, 7) is 3.00. The van der Waals surface area contributed by atoms with Crippen LogP contribution in [0.5, 0.6) is 5.75 Å². The lowest BCUT2D eigenvalue weighted by Crippen LogP contribution is -2.49. The highest BCUT2D eigenvalue weighted by Gasteiger charge is 2.35. The lowest BCUT2D eigenvalue weighted by atomic mass is 10.1. The number of nitrogens with zero attached hydrogens (tertiary/aromatic N) is 4. The van der Waals surface area contributed by atoms with E-state index in [0.717, 1.165) is 35.8 Å². The van der Waals surface area contributed by atoms with Crippen molar-refractivity contribution in [1.82, 2.24) is 9.97 Å². The number of methoxy groups -OCH3 is 1. The first-order chi connectivity index (χ1) is 13.2. The smallest absolute Gasteiger partial charge is 0.246 e. The Kier molecular flexibility index (Phi) is 4.83. The molecule has 1 aliphatic heterocycles. The topological polar surface area (TPSA) is 70.6 Å². The first-order valence-electron chi connectivity index (χ1n) is 9.54. The molecule has 2 aromatic rings. The average molecular weight is 367 g/mol. The molecule has 27 heavy (non-hydrogen) atoms. The predicted octanol–water partition coefficient (Wildman–Crippen LogP) is 3.34. The van der Waals surface area contributed by atoms with Gasteiger partial charge in [0.2, 0.25) is 11.9 Å². The minimum absolute atomic E-state index is 0.122. The maximum atomic E-state index is 12.6. The van der Waals surface area contributed by atoms with E-state index in [2.05, 4.69) is 15.2 Å². The van der Waals surface area contributed by atoms with E-state index < -0.39 is 0 Å². The fraction of sp³-hybridized carbons (Fsp3) is 0.450. The number of hydrogen-bond donors (Lipinski definition) is 1. The van der Waals surface area contributed by atoms with E-state index in [1.165, 1.54) is 12.8 Å². The van der Waals surface area contributed by atoms with E-state index in [1.54, 1.807) is 18.2 Å².